The van der Waals surface area contributed by atoms with Gasteiger partial charge in [0.25, 0.3) is 0 Å². The van der Waals surface area contributed by atoms with Crippen molar-refractivity contribution in [2.45, 2.75) is 58.0 Å². The van der Waals surface area contributed by atoms with Gasteiger partial charge in [-0.15, -0.1) is 0 Å². The molecule has 0 radical (unpaired) electrons. The molecule has 5 heteroatoms. The minimum atomic E-state index is -0.567. The third-order valence-electron chi connectivity index (χ3n) is 4.56. The van der Waals surface area contributed by atoms with Gasteiger partial charge in [-0.2, -0.15) is 0 Å². The van der Waals surface area contributed by atoms with E-state index in [2.05, 4.69) is 6.92 Å². The van der Waals surface area contributed by atoms with Crippen LogP contribution in [0.4, 0.5) is 0 Å². The van der Waals surface area contributed by atoms with Crippen LogP contribution >= 0.6 is 12.2 Å². The molecule has 4 nitrogen and oxygen atoms in total. The van der Waals surface area contributed by atoms with Crippen molar-refractivity contribution in [3.05, 3.63) is 0 Å². The Balaban J connectivity index is 2.02. The summed E-state index contributed by atoms with van der Waals surface area (Å²) in [5, 5.41) is 0. The Labute approximate surface area is 127 Å². The summed E-state index contributed by atoms with van der Waals surface area (Å²) in [4.78, 5) is 15.2. The maximum atomic E-state index is 12.9. The largest absolute Gasteiger partial charge is 0.392 e. The van der Waals surface area contributed by atoms with Crippen LogP contribution in [-0.2, 0) is 9.53 Å². The number of likely N-dealkylation sites (tertiary alicyclic amines) is 1. The quantitative estimate of drug-likeness (QED) is 0.791. The van der Waals surface area contributed by atoms with Crippen LogP contribution in [0.25, 0.3) is 0 Å². The zero-order chi connectivity index (χ0) is 14.6. The summed E-state index contributed by atoms with van der Waals surface area (Å²) in [7, 11) is 0. The molecule has 114 valence electrons. The number of carbonyl (C=O) groups is 1. The summed E-state index contributed by atoms with van der Waals surface area (Å²) in [6.45, 7) is 4.39. The summed E-state index contributed by atoms with van der Waals surface area (Å²) in [6.07, 6.45) is 6.98. The molecule has 2 rings (SSSR count). The van der Waals surface area contributed by atoms with Gasteiger partial charge in [0.15, 0.2) is 0 Å². The second-order valence-corrected chi connectivity index (χ2v) is 6.48. The van der Waals surface area contributed by atoms with Crippen molar-refractivity contribution in [2.24, 2.45) is 11.1 Å². The van der Waals surface area contributed by atoms with Crippen molar-refractivity contribution in [1.82, 2.24) is 4.90 Å². The first kappa shape index (κ1) is 15.7. The average molecular weight is 298 g/mol. The van der Waals surface area contributed by atoms with Crippen LogP contribution in [0.1, 0.15) is 51.9 Å². The summed E-state index contributed by atoms with van der Waals surface area (Å²) in [5.41, 5.74) is 5.34. The molecule has 1 unspecified atom stereocenters. The number of carbonyl (C=O) groups excluding carboxylic acids is 1. The van der Waals surface area contributed by atoms with Crippen molar-refractivity contribution < 1.29 is 9.53 Å². The van der Waals surface area contributed by atoms with E-state index in [0.717, 1.165) is 58.1 Å². The van der Waals surface area contributed by atoms with Gasteiger partial charge in [0.2, 0.25) is 5.91 Å². The maximum Gasteiger partial charge on any atom is 0.235 e. The normalized spacial score (nSPS) is 25.6. The molecule has 2 aliphatic rings. The molecule has 0 aromatic carbocycles. The lowest BCUT2D eigenvalue weighted by molar-refractivity contribution is -0.142. The van der Waals surface area contributed by atoms with Gasteiger partial charge in [-0.05, 0) is 32.1 Å². The highest BCUT2D eigenvalue weighted by molar-refractivity contribution is 7.80. The van der Waals surface area contributed by atoms with Gasteiger partial charge in [0.05, 0.1) is 16.5 Å². The van der Waals surface area contributed by atoms with E-state index in [1.807, 2.05) is 4.90 Å². The third-order valence-corrected chi connectivity index (χ3v) is 4.95. The fourth-order valence-electron chi connectivity index (χ4n) is 3.39. The molecule has 1 saturated carbocycles. The molecule has 1 atom stereocenters. The Morgan fingerprint density at radius 2 is 2.10 bits per heavy atom. The average Bonchev–Trinajstić information content (AvgIpc) is 2.95. The molecule has 0 aromatic heterocycles. The van der Waals surface area contributed by atoms with E-state index in [0.29, 0.717) is 11.5 Å². The Morgan fingerprint density at radius 1 is 1.40 bits per heavy atom. The highest BCUT2D eigenvalue weighted by Gasteiger charge is 2.46. The molecule has 1 aliphatic heterocycles. The van der Waals surface area contributed by atoms with E-state index in [-0.39, 0.29) is 12.0 Å². The van der Waals surface area contributed by atoms with Crippen molar-refractivity contribution in [1.29, 1.82) is 0 Å². The Morgan fingerprint density at radius 3 is 2.70 bits per heavy atom. The lowest BCUT2D eigenvalue weighted by Crippen LogP contribution is -2.53. The van der Waals surface area contributed by atoms with Crippen LogP contribution in [-0.4, -0.2) is 41.6 Å². The van der Waals surface area contributed by atoms with E-state index in [4.69, 9.17) is 22.7 Å². The second kappa shape index (κ2) is 6.85. The summed E-state index contributed by atoms with van der Waals surface area (Å²) < 4.78 is 5.81. The van der Waals surface area contributed by atoms with Crippen LogP contribution in [0, 0.1) is 5.41 Å². The first-order valence-electron chi connectivity index (χ1n) is 7.81. The van der Waals surface area contributed by atoms with Gasteiger partial charge in [0, 0.05) is 19.7 Å². The summed E-state index contributed by atoms with van der Waals surface area (Å²) in [6, 6.07) is 0. The topological polar surface area (TPSA) is 55.6 Å². The maximum absolute atomic E-state index is 12.9. The Bertz CT molecular complexity index is 367. The molecule has 1 amide bonds. The standard InChI is InChI=1S/C15H26N2O2S/c1-2-10-19-12-6-5-9-17(11-12)14(18)15(13(16)20)7-3-4-8-15/h12H,2-11H2,1H3,(H2,16,20). The van der Waals surface area contributed by atoms with E-state index < -0.39 is 5.41 Å². The number of piperidine rings is 1. The van der Waals surface area contributed by atoms with Crippen molar-refractivity contribution in [3.8, 4) is 0 Å². The molecule has 20 heavy (non-hydrogen) atoms. The van der Waals surface area contributed by atoms with Gasteiger partial charge in [-0.25, -0.2) is 0 Å². The monoisotopic (exact) mass is 298 g/mol. The minimum Gasteiger partial charge on any atom is -0.392 e. The summed E-state index contributed by atoms with van der Waals surface area (Å²) in [5.74, 6) is 0.146. The van der Waals surface area contributed by atoms with E-state index in [1.165, 1.54) is 0 Å². The number of rotatable bonds is 5. The Hall–Kier alpha value is -0.680. The number of nitrogens with zero attached hydrogens (tertiary/aromatic N) is 1. The Kier molecular flexibility index (Phi) is 5.38. The SMILES string of the molecule is CCCOC1CCCN(C(=O)C2(C(N)=S)CCCC2)C1. The zero-order valence-electron chi connectivity index (χ0n) is 12.4. The van der Waals surface area contributed by atoms with Gasteiger partial charge in [0.1, 0.15) is 0 Å². The van der Waals surface area contributed by atoms with E-state index in [9.17, 15) is 4.79 Å². The van der Waals surface area contributed by atoms with Crippen LogP contribution in [0.15, 0.2) is 0 Å². The van der Waals surface area contributed by atoms with Gasteiger partial charge < -0.3 is 15.4 Å². The zero-order valence-corrected chi connectivity index (χ0v) is 13.2. The smallest absolute Gasteiger partial charge is 0.235 e. The lowest BCUT2D eigenvalue weighted by atomic mass is 9.84. The number of hydrogen-bond acceptors (Lipinski definition) is 3. The number of nitrogens with two attached hydrogens (primary N) is 1. The molecule has 1 saturated heterocycles. The van der Waals surface area contributed by atoms with Crippen LogP contribution < -0.4 is 5.73 Å². The predicted molar refractivity (Wildman–Crippen MR) is 83.5 cm³/mol. The molecule has 1 aliphatic carbocycles. The molecule has 2 fully saturated rings. The highest BCUT2D eigenvalue weighted by atomic mass is 32.1. The van der Waals surface area contributed by atoms with Crippen molar-refractivity contribution in [2.75, 3.05) is 19.7 Å². The molecule has 2 N–H and O–H groups in total. The number of ether oxygens (including phenoxy) is 1. The van der Waals surface area contributed by atoms with Gasteiger partial charge in [-0.3, -0.25) is 4.79 Å². The molecule has 0 spiro atoms. The van der Waals surface area contributed by atoms with Gasteiger partial charge >= 0.3 is 0 Å². The lowest BCUT2D eigenvalue weighted by Gasteiger charge is -2.38. The van der Waals surface area contributed by atoms with Crippen LogP contribution in [0.5, 0.6) is 0 Å². The number of hydrogen-bond donors (Lipinski definition) is 1. The van der Waals surface area contributed by atoms with E-state index in [1.54, 1.807) is 0 Å². The highest BCUT2D eigenvalue weighted by Crippen LogP contribution is 2.40. The number of amides is 1. The minimum absolute atomic E-state index is 0.146. The predicted octanol–water partition coefficient (Wildman–Crippen LogP) is 2.25. The number of thiocarbonyl (C=S) groups is 1. The molecule has 0 aromatic rings. The molecular formula is C15H26N2O2S. The summed E-state index contributed by atoms with van der Waals surface area (Å²) >= 11 is 5.21. The van der Waals surface area contributed by atoms with Crippen LogP contribution in [0.2, 0.25) is 0 Å². The fraction of sp³-hybridized carbons (Fsp3) is 0.867. The molecule has 1 heterocycles. The van der Waals surface area contributed by atoms with Crippen molar-refractivity contribution >= 4 is 23.1 Å². The van der Waals surface area contributed by atoms with Crippen molar-refractivity contribution in [3.63, 3.8) is 0 Å². The first-order chi connectivity index (χ1) is 9.60. The molecule has 0 bridgehead atoms. The van der Waals surface area contributed by atoms with Gasteiger partial charge in [-0.1, -0.05) is 32.0 Å². The van der Waals surface area contributed by atoms with E-state index >= 15 is 0 Å². The first-order valence-corrected chi connectivity index (χ1v) is 8.22. The second-order valence-electron chi connectivity index (χ2n) is 6.04. The third kappa shape index (κ3) is 3.14. The fourth-order valence-corrected chi connectivity index (χ4v) is 3.68. The molecular weight excluding hydrogens is 272 g/mol. The van der Waals surface area contributed by atoms with Crippen LogP contribution in [0.3, 0.4) is 0 Å².